The van der Waals surface area contributed by atoms with Crippen LogP contribution in [0.5, 0.6) is 0 Å². The first-order valence-electron chi connectivity index (χ1n) is 9.23. The Kier molecular flexibility index (Phi) is 5.34. The Morgan fingerprint density at radius 1 is 1.11 bits per heavy atom. The zero-order valence-electron chi connectivity index (χ0n) is 15.1. The average Bonchev–Trinajstić information content (AvgIpc) is 2.71. The van der Waals surface area contributed by atoms with Crippen molar-refractivity contribution in [1.29, 1.82) is 0 Å². The van der Waals surface area contributed by atoms with Crippen LogP contribution < -0.4 is 5.32 Å². The van der Waals surface area contributed by atoms with E-state index in [0.29, 0.717) is 12.0 Å². The van der Waals surface area contributed by atoms with Gasteiger partial charge in [-0.15, -0.1) is 0 Å². The van der Waals surface area contributed by atoms with Crippen molar-refractivity contribution < 1.29 is 4.39 Å². The van der Waals surface area contributed by atoms with Gasteiger partial charge in [-0.3, -0.25) is 9.88 Å². The number of anilines is 1. The summed E-state index contributed by atoms with van der Waals surface area (Å²) in [7, 11) is 0. The van der Waals surface area contributed by atoms with Gasteiger partial charge in [0.2, 0.25) is 5.95 Å². The summed E-state index contributed by atoms with van der Waals surface area (Å²) in [4.78, 5) is 15.5. The standard InChI is InChI=1S/C21H22FN5/c22-18-7-5-16(6-8-18)14-27-12-2-4-19(15-27)25-21-24-11-9-20(26-21)17-3-1-10-23-13-17/h1,3,5-11,13,19H,2,4,12,14-15H2,(H,24,25,26)/t19-/m1/s1. The lowest BCUT2D eigenvalue weighted by atomic mass is 10.0. The fourth-order valence-electron chi connectivity index (χ4n) is 3.45. The highest BCUT2D eigenvalue weighted by molar-refractivity contribution is 5.58. The first kappa shape index (κ1) is 17.5. The van der Waals surface area contributed by atoms with E-state index in [1.807, 2.05) is 30.3 Å². The number of nitrogens with one attached hydrogen (secondary N) is 1. The number of pyridine rings is 1. The van der Waals surface area contributed by atoms with Gasteiger partial charge in [0.25, 0.3) is 0 Å². The predicted octanol–water partition coefficient (Wildman–Crippen LogP) is 3.75. The minimum absolute atomic E-state index is 0.192. The van der Waals surface area contributed by atoms with Crippen LogP contribution >= 0.6 is 0 Å². The second kappa shape index (κ2) is 8.22. The molecule has 2 aromatic heterocycles. The second-order valence-electron chi connectivity index (χ2n) is 6.85. The Morgan fingerprint density at radius 2 is 2.00 bits per heavy atom. The van der Waals surface area contributed by atoms with E-state index >= 15 is 0 Å². The molecular weight excluding hydrogens is 341 g/mol. The van der Waals surface area contributed by atoms with Crippen molar-refractivity contribution in [3.63, 3.8) is 0 Å². The normalized spacial score (nSPS) is 17.6. The summed E-state index contributed by atoms with van der Waals surface area (Å²) in [6.07, 6.45) is 7.52. The van der Waals surface area contributed by atoms with Crippen molar-refractivity contribution in [3.05, 3.63) is 72.4 Å². The SMILES string of the molecule is Fc1ccc(CN2CCC[C@@H](Nc3nccc(-c4cccnc4)n3)C2)cc1. The van der Waals surface area contributed by atoms with Gasteiger partial charge in [-0.1, -0.05) is 12.1 Å². The van der Waals surface area contributed by atoms with Crippen molar-refractivity contribution in [2.75, 3.05) is 18.4 Å². The van der Waals surface area contributed by atoms with Crippen molar-refractivity contribution >= 4 is 5.95 Å². The van der Waals surface area contributed by atoms with Crippen LogP contribution in [0.15, 0.2) is 61.1 Å². The maximum atomic E-state index is 13.1. The lowest BCUT2D eigenvalue weighted by molar-refractivity contribution is 0.208. The molecule has 0 spiro atoms. The maximum Gasteiger partial charge on any atom is 0.223 e. The minimum atomic E-state index is -0.192. The molecule has 3 aromatic rings. The van der Waals surface area contributed by atoms with Crippen molar-refractivity contribution in [3.8, 4) is 11.3 Å². The highest BCUT2D eigenvalue weighted by Crippen LogP contribution is 2.19. The monoisotopic (exact) mass is 363 g/mol. The van der Waals surface area contributed by atoms with E-state index in [9.17, 15) is 4.39 Å². The molecule has 0 radical (unpaired) electrons. The molecule has 0 aliphatic carbocycles. The Hall–Kier alpha value is -2.86. The molecule has 4 rings (SSSR count). The number of hydrogen-bond donors (Lipinski definition) is 1. The van der Waals surface area contributed by atoms with Gasteiger partial charge in [0, 0.05) is 43.3 Å². The lowest BCUT2D eigenvalue weighted by Gasteiger charge is -2.33. The fourth-order valence-corrected chi connectivity index (χ4v) is 3.45. The van der Waals surface area contributed by atoms with E-state index in [1.54, 1.807) is 18.6 Å². The number of aromatic nitrogens is 3. The molecule has 1 aliphatic rings. The number of likely N-dealkylation sites (tertiary alicyclic amines) is 1. The number of benzene rings is 1. The highest BCUT2D eigenvalue weighted by Gasteiger charge is 2.20. The molecule has 5 nitrogen and oxygen atoms in total. The van der Waals surface area contributed by atoms with Gasteiger partial charge in [0.1, 0.15) is 5.82 Å². The molecule has 0 bridgehead atoms. The summed E-state index contributed by atoms with van der Waals surface area (Å²) in [6, 6.07) is 12.8. The third-order valence-corrected chi connectivity index (χ3v) is 4.77. The van der Waals surface area contributed by atoms with E-state index in [4.69, 9.17) is 0 Å². The van der Waals surface area contributed by atoms with Gasteiger partial charge in [0.15, 0.2) is 0 Å². The number of hydrogen-bond acceptors (Lipinski definition) is 5. The summed E-state index contributed by atoms with van der Waals surface area (Å²) in [5.41, 5.74) is 2.97. The van der Waals surface area contributed by atoms with Gasteiger partial charge < -0.3 is 5.32 Å². The number of halogens is 1. The van der Waals surface area contributed by atoms with Gasteiger partial charge in [-0.05, 0) is 55.3 Å². The maximum absolute atomic E-state index is 13.1. The van der Waals surface area contributed by atoms with Crippen LogP contribution in [0.1, 0.15) is 18.4 Å². The Labute approximate surface area is 158 Å². The van der Waals surface area contributed by atoms with Crippen molar-refractivity contribution in [2.45, 2.75) is 25.4 Å². The van der Waals surface area contributed by atoms with Gasteiger partial charge in [-0.2, -0.15) is 0 Å². The molecule has 0 unspecified atom stereocenters. The summed E-state index contributed by atoms with van der Waals surface area (Å²) >= 11 is 0. The third kappa shape index (κ3) is 4.65. The van der Waals surface area contributed by atoms with Crippen molar-refractivity contribution in [1.82, 2.24) is 19.9 Å². The minimum Gasteiger partial charge on any atom is -0.350 e. The molecule has 1 atom stereocenters. The van der Waals surface area contributed by atoms with E-state index in [0.717, 1.165) is 49.3 Å². The van der Waals surface area contributed by atoms with E-state index in [2.05, 4.69) is 25.2 Å². The van der Waals surface area contributed by atoms with E-state index < -0.39 is 0 Å². The van der Waals surface area contributed by atoms with Crippen LogP contribution in [0.4, 0.5) is 10.3 Å². The summed E-state index contributed by atoms with van der Waals surface area (Å²) in [5, 5.41) is 3.47. The second-order valence-corrected chi connectivity index (χ2v) is 6.85. The molecular formula is C21H22FN5. The molecule has 1 aromatic carbocycles. The third-order valence-electron chi connectivity index (χ3n) is 4.77. The molecule has 3 heterocycles. The predicted molar refractivity (Wildman–Crippen MR) is 104 cm³/mol. The smallest absolute Gasteiger partial charge is 0.223 e. The van der Waals surface area contributed by atoms with Gasteiger partial charge >= 0.3 is 0 Å². The Bertz CT molecular complexity index is 869. The molecule has 1 saturated heterocycles. The van der Waals surface area contributed by atoms with Gasteiger partial charge in [0.05, 0.1) is 5.69 Å². The largest absolute Gasteiger partial charge is 0.350 e. The zero-order chi connectivity index (χ0) is 18.5. The molecule has 138 valence electrons. The average molecular weight is 363 g/mol. The van der Waals surface area contributed by atoms with E-state index in [1.165, 1.54) is 12.1 Å². The summed E-state index contributed by atoms with van der Waals surface area (Å²) < 4.78 is 13.1. The first-order chi connectivity index (χ1) is 13.3. The first-order valence-corrected chi connectivity index (χ1v) is 9.23. The number of rotatable bonds is 5. The van der Waals surface area contributed by atoms with Crippen LogP contribution in [-0.4, -0.2) is 39.0 Å². The quantitative estimate of drug-likeness (QED) is 0.748. The molecule has 0 amide bonds. The molecule has 0 saturated carbocycles. The van der Waals surface area contributed by atoms with Crippen LogP contribution in [0, 0.1) is 5.82 Å². The van der Waals surface area contributed by atoms with E-state index in [-0.39, 0.29) is 5.82 Å². The number of nitrogens with zero attached hydrogens (tertiary/aromatic N) is 4. The molecule has 6 heteroatoms. The summed E-state index contributed by atoms with van der Waals surface area (Å²) in [5.74, 6) is 0.451. The molecule has 1 fully saturated rings. The van der Waals surface area contributed by atoms with Crippen LogP contribution in [-0.2, 0) is 6.54 Å². The topological polar surface area (TPSA) is 53.9 Å². The van der Waals surface area contributed by atoms with Gasteiger partial charge in [-0.25, -0.2) is 14.4 Å². The van der Waals surface area contributed by atoms with Crippen LogP contribution in [0.3, 0.4) is 0 Å². The summed E-state index contributed by atoms with van der Waals surface area (Å²) in [6.45, 7) is 2.79. The Morgan fingerprint density at radius 3 is 2.81 bits per heavy atom. The van der Waals surface area contributed by atoms with Crippen LogP contribution in [0.2, 0.25) is 0 Å². The molecule has 1 N–H and O–H groups in total. The lowest BCUT2D eigenvalue weighted by Crippen LogP contribution is -2.41. The fraction of sp³-hybridized carbons (Fsp3) is 0.286. The molecule has 1 aliphatic heterocycles. The van der Waals surface area contributed by atoms with Crippen LogP contribution in [0.25, 0.3) is 11.3 Å². The van der Waals surface area contributed by atoms with Crippen molar-refractivity contribution in [2.24, 2.45) is 0 Å². The zero-order valence-corrected chi connectivity index (χ0v) is 15.1. The molecule has 27 heavy (non-hydrogen) atoms. The Balaban J connectivity index is 1.40. The highest BCUT2D eigenvalue weighted by atomic mass is 19.1. The number of piperidine rings is 1.